The fourth-order valence-corrected chi connectivity index (χ4v) is 2.61. The van der Waals surface area contributed by atoms with Gasteiger partial charge in [0.1, 0.15) is 0 Å². The average molecular weight is 298 g/mol. The van der Waals surface area contributed by atoms with Crippen molar-refractivity contribution in [3.8, 4) is 0 Å². The van der Waals surface area contributed by atoms with E-state index in [9.17, 15) is 4.79 Å². The Morgan fingerprint density at radius 3 is 3.00 bits per heavy atom. The summed E-state index contributed by atoms with van der Waals surface area (Å²) in [6.45, 7) is 2.74. The number of rotatable bonds is 5. The lowest BCUT2D eigenvalue weighted by molar-refractivity contribution is -0.116. The van der Waals surface area contributed by atoms with Gasteiger partial charge in [0.15, 0.2) is 0 Å². The number of halogens is 1. The van der Waals surface area contributed by atoms with Crippen LogP contribution in [0.4, 0.5) is 11.4 Å². The molecule has 0 aromatic heterocycles. The molecule has 6 heteroatoms. The number of hydrogen-bond acceptors (Lipinski definition) is 4. The maximum atomic E-state index is 11.9. The number of benzene rings is 1. The normalized spacial score (nSPS) is 19.2. The van der Waals surface area contributed by atoms with Crippen molar-refractivity contribution in [1.82, 2.24) is 4.90 Å². The molecular weight excluding hydrogens is 278 g/mol. The van der Waals surface area contributed by atoms with Crippen molar-refractivity contribution in [2.24, 2.45) is 5.92 Å². The van der Waals surface area contributed by atoms with E-state index in [0.717, 1.165) is 19.5 Å². The van der Waals surface area contributed by atoms with Crippen LogP contribution in [0.3, 0.4) is 0 Å². The lowest BCUT2D eigenvalue weighted by atomic mass is 10.1. The van der Waals surface area contributed by atoms with Crippen LogP contribution in [0, 0.1) is 5.92 Å². The summed E-state index contributed by atoms with van der Waals surface area (Å²) in [6, 6.07) is 5.02. The van der Waals surface area contributed by atoms with Gasteiger partial charge in [0.25, 0.3) is 0 Å². The highest BCUT2D eigenvalue weighted by Crippen LogP contribution is 2.24. The standard InChI is InChI=1S/C14H20ClN3O2/c15-12-7-11(16)1-2-13(12)17-14(20)4-6-18-5-3-10(8-18)9-19/h1-2,7,10,19H,3-6,8-9,16H2,(H,17,20). The molecule has 2 rings (SSSR count). The van der Waals surface area contributed by atoms with Crippen molar-refractivity contribution in [3.05, 3.63) is 23.2 Å². The second-order valence-electron chi connectivity index (χ2n) is 5.18. The highest BCUT2D eigenvalue weighted by atomic mass is 35.5. The summed E-state index contributed by atoms with van der Waals surface area (Å²) in [7, 11) is 0. The second kappa shape index (κ2) is 6.92. The summed E-state index contributed by atoms with van der Waals surface area (Å²) >= 11 is 6.01. The molecule has 5 nitrogen and oxygen atoms in total. The van der Waals surface area contributed by atoms with Crippen LogP contribution in [0.1, 0.15) is 12.8 Å². The summed E-state index contributed by atoms with van der Waals surface area (Å²) < 4.78 is 0. The second-order valence-corrected chi connectivity index (χ2v) is 5.58. The largest absolute Gasteiger partial charge is 0.399 e. The van der Waals surface area contributed by atoms with E-state index in [-0.39, 0.29) is 12.5 Å². The quantitative estimate of drug-likeness (QED) is 0.721. The third-order valence-electron chi connectivity index (χ3n) is 3.55. The molecule has 0 bridgehead atoms. The smallest absolute Gasteiger partial charge is 0.225 e. The van der Waals surface area contributed by atoms with E-state index in [2.05, 4.69) is 10.2 Å². The third kappa shape index (κ3) is 4.10. The predicted octanol–water partition coefficient (Wildman–Crippen LogP) is 1.57. The first-order chi connectivity index (χ1) is 9.58. The number of likely N-dealkylation sites (tertiary alicyclic amines) is 1. The number of carbonyl (C=O) groups is 1. The van der Waals surface area contributed by atoms with Gasteiger partial charge in [0.2, 0.25) is 5.91 Å². The lowest BCUT2D eigenvalue weighted by Gasteiger charge is -2.15. The van der Waals surface area contributed by atoms with E-state index in [1.54, 1.807) is 18.2 Å². The van der Waals surface area contributed by atoms with Crippen LogP contribution < -0.4 is 11.1 Å². The Balaban J connectivity index is 1.78. The predicted molar refractivity (Wildman–Crippen MR) is 80.7 cm³/mol. The molecule has 1 aliphatic heterocycles. The highest BCUT2D eigenvalue weighted by Gasteiger charge is 2.21. The summed E-state index contributed by atoms with van der Waals surface area (Å²) in [5.41, 5.74) is 6.75. The third-order valence-corrected chi connectivity index (χ3v) is 3.86. The van der Waals surface area contributed by atoms with E-state index in [1.807, 2.05) is 0 Å². The first-order valence-electron chi connectivity index (χ1n) is 6.76. The number of nitrogens with two attached hydrogens (primary N) is 1. The molecule has 0 radical (unpaired) electrons. The van der Waals surface area contributed by atoms with Crippen LogP contribution in [0.25, 0.3) is 0 Å². The number of aliphatic hydroxyl groups excluding tert-OH is 1. The van der Waals surface area contributed by atoms with Gasteiger partial charge in [-0.15, -0.1) is 0 Å². The van der Waals surface area contributed by atoms with Gasteiger partial charge in [0.05, 0.1) is 10.7 Å². The fourth-order valence-electron chi connectivity index (χ4n) is 2.37. The van der Waals surface area contributed by atoms with Gasteiger partial charge in [-0.05, 0) is 37.1 Å². The van der Waals surface area contributed by atoms with E-state index in [0.29, 0.717) is 35.3 Å². The Labute approximate surface area is 123 Å². The zero-order chi connectivity index (χ0) is 14.5. The van der Waals surface area contributed by atoms with Crippen molar-refractivity contribution < 1.29 is 9.90 Å². The lowest BCUT2D eigenvalue weighted by Crippen LogP contribution is -2.26. The van der Waals surface area contributed by atoms with Crippen molar-refractivity contribution >= 4 is 28.9 Å². The first-order valence-corrected chi connectivity index (χ1v) is 7.14. The van der Waals surface area contributed by atoms with Crippen LogP contribution in [-0.4, -0.2) is 42.2 Å². The molecule has 1 amide bonds. The Morgan fingerprint density at radius 2 is 2.35 bits per heavy atom. The number of carbonyl (C=O) groups excluding carboxylic acids is 1. The van der Waals surface area contributed by atoms with Crippen LogP contribution in [0.5, 0.6) is 0 Å². The van der Waals surface area contributed by atoms with Crippen LogP contribution in [0.2, 0.25) is 5.02 Å². The molecule has 1 aromatic carbocycles. The Morgan fingerprint density at radius 1 is 1.55 bits per heavy atom. The molecule has 0 aliphatic carbocycles. The summed E-state index contributed by atoms with van der Waals surface area (Å²) in [6.07, 6.45) is 1.42. The summed E-state index contributed by atoms with van der Waals surface area (Å²) in [5.74, 6) is 0.286. The zero-order valence-corrected chi connectivity index (χ0v) is 12.1. The fraction of sp³-hybridized carbons (Fsp3) is 0.500. The molecule has 20 heavy (non-hydrogen) atoms. The average Bonchev–Trinajstić information content (AvgIpc) is 2.88. The number of anilines is 2. The molecule has 1 atom stereocenters. The van der Waals surface area contributed by atoms with Gasteiger partial charge in [-0.2, -0.15) is 0 Å². The van der Waals surface area contributed by atoms with Gasteiger partial charge in [-0.3, -0.25) is 4.79 Å². The monoisotopic (exact) mass is 297 g/mol. The molecule has 1 heterocycles. The summed E-state index contributed by atoms with van der Waals surface area (Å²) in [4.78, 5) is 14.1. The molecule has 110 valence electrons. The molecule has 1 fully saturated rings. The molecule has 0 saturated carbocycles. The minimum atomic E-state index is -0.0656. The zero-order valence-electron chi connectivity index (χ0n) is 11.3. The molecule has 0 spiro atoms. The number of aliphatic hydroxyl groups is 1. The molecule has 1 aromatic rings. The Bertz CT molecular complexity index is 481. The number of amides is 1. The maximum absolute atomic E-state index is 11.9. The van der Waals surface area contributed by atoms with E-state index < -0.39 is 0 Å². The van der Waals surface area contributed by atoms with Gasteiger partial charge < -0.3 is 21.1 Å². The SMILES string of the molecule is Nc1ccc(NC(=O)CCN2CCC(CO)C2)c(Cl)c1. The molecular formula is C14H20ClN3O2. The van der Waals surface area contributed by atoms with Crippen LogP contribution >= 0.6 is 11.6 Å². The number of nitrogen functional groups attached to an aromatic ring is 1. The Kier molecular flexibility index (Phi) is 5.23. The molecule has 4 N–H and O–H groups in total. The van der Waals surface area contributed by atoms with E-state index in [4.69, 9.17) is 22.4 Å². The molecule has 1 unspecified atom stereocenters. The maximum Gasteiger partial charge on any atom is 0.225 e. The van der Waals surface area contributed by atoms with Crippen LogP contribution in [0.15, 0.2) is 18.2 Å². The highest BCUT2D eigenvalue weighted by molar-refractivity contribution is 6.34. The van der Waals surface area contributed by atoms with Gasteiger partial charge in [-0.25, -0.2) is 0 Å². The first kappa shape index (κ1) is 15.1. The minimum Gasteiger partial charge on any atom is -0.399 e. The van der Waals surface area contributed by atoms with Gasteiger partial charge in [-0.1, -0.05) is 11.6 Å². The van der Waals surface area contributed by atoms with Crippen molar-refractivity contribution in [1.29, 1.82) is 0 Å². The topological polar surface area (TPSA) is 78.6 Å². The Hall–Kier alpha value is -1.30. The van der Waals surface area contributed by atoms with E-state index >= 15 is 0 Å². The van der Waals surface area contributed by atoms with Crippen molar-refractivity contribution in [2.45, 2.75) is 12.8 Å². The number of nitrogens with one attached hydrogen (secondary N) is 1. The summed E-state index contributed by atoms with van der Waals surface area (Å²) in [5, 5.41) is 12.3. The molecule has 1 saturated heterocycles. The van der Waals surface area contributed by atoms with E-state index in [1.165, 1.54) is 0 Å². The number of hydrogen-bond donors (Lipinski definition) is 3. The van der Waals surface area contributed by atoms with Crippen LogP contribution in [-0.2, 0) is 4.79 Å². The van der Waals surface area contributed by atoms with Gasteiger partial charge in [0, 0.05) is 31.8 Å². The van der Waals surface area contributed by atoms with Crippen molar-refractivity contribution in [3.63, 3.8) is 0 Å². The van der Waals surface area contributed by atoms with Crippen molar-refractivity contribution in [2.75, 3.05) is 37.3 Å². The number of nitrogens with zero attached hydrogens (tertiary/aromatic N) is 1. The molecule has 1 aliphatic rings. The van der Waals surface area contributed by atoms with Gasteiger partial charge >= 0.3 is 0 Å². The minimum absolute atomic E-state index is 0.0656.